The number of nitro groups is 1. The number of ether oxygens (including phenoxy) is 1. The van der Waals surface area contributed by atoms with Gasteiger partial charge in [0.25, 0.3) is 5.91 Å². The second-order valence-corrected chi connectivity index (χ2v) is 8.01. The number of rotatable bonds is 7. The zero-order chi connectivity index (χ0) is 21.7. The summed E-state index contributed by atoms with van der Waals surface area (Å²) in [4.78, 5) is 39.8. The van der Waals surface area contributed by atoms with Crippen molar-refractivity contribution in [2.45, 2.75) is 13.5 Å². The van der Waals surface area contributed by atoms with Crippen LogP contribution in [0.2, 0.25) is 0 Å². The van der Waals surface area contributed by atoms with Crippen molar-refractivity contribution >= 4 is 55.8 Å². The number of allylic oxidation sites excluding steroid dienone is 1. The standard InChI is InChI=1S/C20H17N3O5S2/c1-3-11-22-15-8-5-13(19(25)28-4-2)12-16(15)30-20(22)21-17(24)9-6-14-7-10-18(29-14)23(26)27/h3,5-10,12H,1,4,11H2,2H3/b9-6-,21-20?. The molecule has 0 aliphatic rings. The van der Waals surface area contributed by atoms with Gasteiger partial charge in [0.15, 0.2) is 4.80 Å². The Morgan fingerprint density at radius 1 is 1.30 bits per heavy atom. The molecule has 30 heavy (non-hydrogen) atoms. The Balaban J connectivity index is 1.94. The average Bonchev–Trinajstić information content (AvgIpc) is 3.32. The second-order valence-electron chi connectivity index (χ2n) is 5.90. The largest absolute Gasteiger partial charge is 0.462 e. The predicted molar refractivity (Wildman–Crippen MR) is 117 cm³/mol. The number of aromatic nitrogens is 1. The second kappa shape index (κ2) is 9.42. The highest BCUT2D eigenvalue weighted by molar-refractivity contribution is 7.16. The quantitative estimate of drug-likeness (QED) is 0.179. The summed E-state index contributed by atoms with van der Waals surface area (Å²) in [6, 6.07) is 8.12. The maximum atomic E-state index is 12.3. The SMILES string of the molecule is C=CCn1c(=NC(=O)/C=C\c2ccc([N+](=O)[O-])s2)sc2cc(C(=O)OCC)ccc21. The Labute approximate surface area is 179 Å². The van der Waals surface area contributed by atoms with Crippen LogP contribution in [0.1, 0.15) is 22.2 Å². The van der Waals surface area contributed by atoms with Crippen molar-refractivity contribution in [3.63, 3.8) is 0 Å². The van der Waals surface area contributed by atoms with Crippen LogP contribution in [0.5, 0.6) is 0 Å². The van der Waals surface area contributed by atoms with E-state index < -0.39 is 16.8 Å². The molecule has 1 amide bonds. The highest BCUT2D eigenvalue weighted by Gasteiger charge is 2.12. The fourth-order valence-electron chi connectivity index (χ4n) is 2.62. The van der Waals surface area contributed by atoms with Crippen molar-refractivity contribution in [2.75, 3.05) is 6.61 Å². The number of hydrogen-bond donors (Lipinski definition) is 0. The smallest absolute Gasteiger partial charge is 0.338 e. The number of hydrogen-bond acceptors (Lipinski definition) is 7. The Hall–Kier alpha value is -3.37. The minimum absolute atomic E-state index is 0.00442. The molecule has 0 aliphatic carbocycles. The molecule has 1 aromatic carbocycles. The summed E-state index contributed by atoms with van der Waals surface area (Å²) in [5.41, 5.74) is 1.24. The molecule has 0 saturated heterocycles. The fraction of sp³-hybridized carbons (Fsp3) is 0.150. The van der Waals surface area contributed by atoms with Crippen LogP contribution in [0.3, 0.4) is 0 Å². The molecule has 0 unspecified atom stereocenters. The van der Waals surface area contributed by atoms with E-state index in [4.69, 9.17) is 4.74 Å². The van der Waals surface area contributed by atoms with Crippen molar-refractivity contribution in [1.82, 2.24) is 4.57 Å². The molecule has 0 atom stereocenters. The van der Waals surface area contributed by atoms with E-state index in [1.807, 2.05) is 4.57 Å². The molecule has 0 spiro atoms. The highest BCUT2D eigenvalue weighted by atomic mass is 32.1. The minimum atomic E-state index is -0.499. The third-order valence-electron chi connectivity index (χ3n) is 3.89. The van der Waals surface area contributed by atoms with Crippen molar-refractivity contribution in [3.05, 3.63) is 74.4 Å². The number of amides is 1. The van der Waals surface area contributed by atoms with Gasteiger partial charge in [-0.15, -0.1) is 6.58 Å². The lowest BCUT2D eigenvalue weighted by Crippen LogP contribution is -2.15. The third-order valence-corrected chi connectivity index (χ3v) is 5.94. The topological polar surface area (TPSA) is 104 Å². The van der Waals surface area contributed by atoms with Crippen molar-refractivity contribution in [2.24, 2.45) is 4.99 Å². The van der Waals surface area contributed by atoms with E-state index in [1.165, 1.54) is 29.6 Å². The molecular weight excluding hydrogens is 426 g/mol. The van der Waals surface area contributed by atoms with E-state index in [-0.39, 0.29) is 11.6 Å². The van der Waals surface area contributed by atoms with Gasteiger partial charge >= 0.3 is 11.0 Å². The monoisotopic (exact) mass is 443 g/mol. The van der Waals surface area contributed by atoms with E-state index in [2.05, 4.69) is 11.6 Å². The molecular formula is C20H17N3O5S2. The maximum absolute atomic E-state index is 12.3. The van der Waals surface area contributed by atoms with Crippen molar-refractivity contribution < 1.29 is 19.2 Å². The van der Waals surface area contributed by atoms with Gasteiger partial charge < -0.3 is 9.30 Å². The first-order valence-electron chi connectivity index (χ1n) is 8.85. The summed E-state index contributed by atoms with van der Waals surface area (Å²) in [6.07, 6.45) is 4.45. The van der Waals surface area contributed by atoms with Crippen molar-refractivity contribution in [1.29, 1.82) is 0 Å². The minimum Gasteiger partial charge on any atom is -0.462 e. The highest BCUT2D eigenvalue weighted by Crippen LogP contribution is 2.25. The van der Waals surface area contributed by atoms with Crippen LogP contribution in [0.15, 0.2) is 54.1 Å². The third kappa shape index (κ3) is 4.78. The molecule has 0 saturated carbocycles. The molecule has 3 aromatic rings. The van der Waals surface area contributed by atoms with Crippen molar-refractivity contribution in [3.8, 4) is 0 Å². The van der Waals surface area contributed by atoms with Crippen LogP contribution in [-0.2, 0) is 16.1 Å². The van der Waals surface area contributed by atoms with Crippen LogP contribution >= 0.6 is 22.7 Å². The summed E-state index contributed by atoms with van der Waals surface area (Å²) in [5, 5.41) is 10.8. The van der Waals surface area contributed by atoms with E-state index in [0.717, 1.165) is 21.6 Å². The number of nitrogens with zero attached hydrogens (tertiary/aromatic N) is 3. The Bertz CT molecular complexity index is 1230. The van der Waals surface area contributed by atoms with Gasteiger partial charge in [-0.2, -0.15) is 4.99 Å². The molecule has 3 rings (SSSR count). The molecule has 10 heteroatoms. The first-order chi connectivity index (χ1) is 14.4. The summed E-state index contributed by atoms with van der Waals surface area (Å²) in [6.45, 7) is 6.20. The van der Waals surface area contributed by atoms with Crippen LogP contribution in [0.4, 0.5) is 5.00 Å². The first-order valence-corrected chi connectivity index (χ1v) is 10.5. The number of carbonyl (C=O) groups excluding carboxylic acids is 2. The average molecular weight is 444 g/mol. The summed E-state index contributed by atoms with van der Waals surface area (Å²) in [5.74, 6) is -0.911. The van der Waals surface area contributed by atoms with Crippen LogP contribution in [-0.4, -0.2) is 28.0 Å². The summed E-state index contributed by atoms with van der Waals surface area (Å²) in [7, 11) is 0. The summed E-state index contributed by atoms with van der Waals surface area (Å²) < 4.78 is 7.64. The molecule has 0 radical (unpaired) electrons. The van der Waals surface area contributed by atoms with E-state index in [9.17, 15) is 19.7 Å². The lowest BCUT2D eigenvalue weighted by molar-refractivity contribution is -0.380. The number of fused-ring (bicyclic) bond motifs is 1. The number of esters is 1. The number of benzene rings is 1. The van der Waals surface area contributed by atoms with Crippen LogP contribution in [0.25, 0.3) is 16.3 Å². The van der Waals surface area contributed by atoms with E-state index in [0.29, 0.717) is 21.8 Å². The van der Waals surface area contributed by atoms with Crippen LogP contribution < -0.4 is 4.80 Å². The Morgan fingerprint density at radius 2 is 2.10 bits per heavy atom. The number of thiazole rings is 1. The predicted octanol–water partition coefficient (Wildman–Crippen LogP) is 4.18. The molecule has 154 valence electrons. The zero-order valence-electron chi connectivity index (χ0n) is 15.9. The molecule has 2 heterocycles. The number of thiophene rings is 1. The molecule has 8 nitrogen and oxygen atoms in total. The molecule has 0 N–H and O–H groups in total. The molecule has 0 bridgehead atoms. The van der Waals surface area contributed by atoms with Gasteiger partial charge in [0, 0.05) is 23.6 Å². The van der Waals surface area contributed by atoms with E-state index in [1.54, 1.807) is 37.3 Å². The van der Waals surface area contributed by atoms with Gasteiger partial charge in [-0.25, -0.2) is 4.79 Å². The number of carbonyl (C=O) groups is 2. The molecule has 0 aliphatic heterocycles. The summed E-state index contributed by atoms with van der Waals surface area (Å²) >= 11 is 2.24. The van der Waals surface area contributed by atoms with Gasteiger partial charge in [-0.3, -0.25) is 14.9 Å². The van der Waals surface area contributed by atoms with Crippen LogP contribution in [0, 0.1) is 10.1 Å². The van der Waals surface area contributed by atoms with Gasteiger partial charge in [0.1, 0.15) is 0 Å². The lowest BCUT2D eigenvalue weighted by Gasteiger charge is -2.03. The van der Waals surface area contributed by atoms with Gasteiger partial charge in [0.05, 0.1) is 27.3 Å². The molecule has 2 aromatic heterocycles. The Morgan fingerprint density at radius 3 is 2.77 bits per heavy atom. The maximum Gasteiger partial charge on any atom is 0.338 e. The van der Waals surface area contributed by atoms with Gasteiger partial charge in [-0.05, 0) is 37.3 Å². The van der Waals surface area contributed by atoms with E-state index >= 15 is 0 Å². The zero-order valence-corrected chi connectivity index (χ0v) is 17.6. The first kappa shape index (κ1) is 21.3. The molecule has 0 fully saturated rings. The van der Waals surface area contributed by atoms with Gasteiger partial charge in [-0.1, -0.05) is 28.7 Å². The normalized spacial score (nSPS) is 11.8. The lowest BCUT2D eigenvalue weighted by atomic mass is 10.2. The Kier molecular flexibility index (Phi) is 6.70. The van der Waals surface area contributed by atoms with Gasteiger partial charge in [0.2, 0.25) is 0 Å². The fourth-order valence-corrected chi connectivity index (χ4v) is 4.43.